The second-order valence-electron chi connectivity index (χ2n) is 6.82. The van der Waals surface area contributed by atoms with Crippen molar-refractivity contribution in [2.45, 2.75) is 51.0 Å². The fourth-order valence-corrected chi connectivity index (χ4v) is 3.26. The second kappa shape index (κ2) is 7.47. The van der Waals surface area contributed by atoms with Gasteiger partial charge in [0.05, 0.1) is 0 Å². The SMILES string of the molecule is CC(C)c1ccc(C2CC2C(=O)NC2CCCNC2)cc1.Cl. The molecule has 0 bridgehead atoms. The highest BCUT2D eigenvalue weighted by Gasteiger charge is 2.44. The van der Waals surface area contributed by atoms with Crippen LogP contribution in [0.5, 0.6) is 0 Å². The average molecular weight is 323 g/mol. The molecule has 3 rings (SSSR count). The van der Waals surface area contributed by atoms with E-state index in [9.17, 15) is 4.79 Å². The van der Waals surface area contributed by atoms with Gasteiger partial charge in [-0.2, -0.15) is 0 Å². The van der Waals surface area contributed by atoms with E-state index in [4.69, 9.17) is 0 Å². The van der Waals surface area contributed by atoms with Gasteiger partial charge in [-0.3, -0.25) is 4.79 Å². The van der Waals surface area contributed by atoms with Crippen molar-refractivity contribution in [1.82, 2.24) is 10.6 Å². The summed E-state index contributed by atoms with van der Waals surface area (Å²) in [5.74, 6) is 1.44. The van der Waals surface area contributed by atoms with Crippen molar-refractivity contribution in [1.29, 1.82) is 0 Å². The number of rotatable bonds is 4. The molecule has 1 saturated carbocycles. The normalized spacial score (nSPS) is 27.1. The van der Waals surface area contributed by atoms with E-state index < -0.39 is 0 Å². The molecule has 0 spiro atoms. The van der Waals surface area contributed by atoms with Crippen molar-refractivity contribution >= 4 is 18.3 Å². The largest absolute Gasteiger partial charge is 0.352 e. The molecule has 1 saturated heterocycles. The third kappa shape index (κ3) is 4.02. The molecule has 2 fully saturated rings. The van der Waals surface area contributed by atoms with Crippen LogP contribution >= 0.6 is 12.4 Å². The summed E-state index contributed by atoms with van der Waals surface area (Å²) in [6.45, 7) is 6.42. The number of benzene rings is 1. The van der Waals surface area contributed by atoms with E-state index in [1.54, 1.807) is 0 Å². The van der Waals surface area contributed by atoms with Crippen molar-refractivity contribution in [3.05, 3.63) is 35.4 Å². The van der Waals surface area contributed by atoms with E-state index in [1.807, 2.05) is 0 Å². The van der Waals surface area contributed by atoms with Crippen LogP contribution in [0.4, 0.5) is 0 Å². The molecule has 4 heteroatoms. The van der Waals surface area contributed by atoms with Crippen LogP contribution in [0.15, 0.2) is 24.3 Å². The molecule has 3 atom stereocenters. The molecule has 122 valence electrons. The van der Waals surface area contributed by atoms with Gasteiger partial charge in [0.15, 0.2) is 0 Å². The third-order valence-electron chi connectivity index (χ3n) is 4.80. The molecular weight excluding hydrogens is 296 g/mol. The minimum absolute atomic E-state index is 0. The predicted octanol–water partition coefficient (Wildman–Crippen LogP) is 3.20. The number of amides is 1. The maximum Gasteiger partial charge on any atom is 0.224 e. The molecule has 1 aliphatic carbocycles. The zero-order chi connectivity index (χ0) is 14.8. The molecule has 1 aromatic rings. The molecule has 1 aliphatic heterocycles. The summed E-state index contributed by atoms with van der Waals surface area (Å²) >= 11 is 0. The second-order valence-corrected chi connectivity index (χ2v) is 6.82. The van der Waals surface area contributed by atoms with E-state index in [2.05, 4.69) is 48.7 Å². The molecule has 2 aliphatic rings. The number of carbonyl (C=O) groups is 1. The summed E-state index contributed by atoms with van der Waals surface area (Å²) < 4.78 is 0. The first-order valence-electron chi connectivity index (χ1n) is 8.26. The van der Waals surface area contributed by atoms with Crippen molar-refractivity contribution in [3.8, 4) is 0 Å². The molecule has 1 aromatic carbocycles. The van der Waals surface area contributed by atoms with E-state index in [-0.39, 0.29) is 24.2 Å². The van der Waals surface area contributed by atoms with E-state index in [0.717, 1.165) is 32.4 Å². The molecule has 1 amide bonds. The fraction of sp³-hybridized carbons (Fsp3) is 0.611. The van der Waals surface area contributed by atoms with E-state index in [1.165, 1.54) is 11.1 Å². The lowest BCUT2D eigenvalue weighted by Gasteiger charge is -2.23. The van der Waals surface area contributed by atoms with Crippen LogP contribution in [0.2, 0.25) is 0 Å². The minimum atomic E-state index is 0. The first-order valence-corrected chi connectivity index (χ1v) is 8.26. The van der Waals surface area contributed by atoms with Gasteiger partial charge in [0.25, 0.3) is 0 Å². The summed E-state index contributed by atoms with van der Waals surface area (Å²) in [5, 5.41) is 6.55. The highest BCUT2D eigenvalue weighted by Crippen LogP contribution is 2.47. The molecule has 0 aromatic heterocycles. The third-order valence-corrected chi connectivity index (χ3v) is 4.80. The highest BCUT2D eigenvalue weighted by molar-refractivity contribution is 5.85. The molecule has 3 nitrogen and oxygen atoms in total. The van der Waals surface area contributed by atoms with Gasteiger partial charge >= 0.3 is 0 Å². The number of nitrogens with one attached hydrogen (secondary N) is 2. The van der Waals surface area contributed by atoms with Crippen LogP contribution in [-0.2, 0) is 4.79 Å². The zero-order valence-corrected chi connectivity index (χ0v) is 14.3. The Bertz CT molecular complexity index is 494. The Hall–Kier alpha value is -1.06. The maximum atomic E-state index is 12.3. The Morgan fingerprint density at radius 3 is 2.59 bits per heavy atom. The number of halogens is 1. The molecule has 0 radical (unpaired) electrons. The standard InChI is InChI=1S/C18H26N2O.ClH/c1-12(2)13-5-7-14(8-6-13)16-10-17(16)18(21)20-15-4-3-9-19-11-15;/h5-8,12,15-17,19H,3-4,9-11H2,1-2H3,(H,20,21);1H. The first-order chi connectivity index (χ1) is 10.1. The average Bonchev–Trinajstić information content (AvgIpc) is 3.29. The first kappa shape index (κ1) is 17.3. The Morgan fingerprint density at radius 1 is 1.27 bits per heavy atom. The smallest absolute Gasteiger partial charge is 0.224 e. The van der Waals surface area contributed by atoms with Gasteiger partial charge in [0.2, 0.25) is 5.91 Å². The van der Waals surface area contributed by atoms with Crippen LogP contribution < -0.4 is 10.6 Å². The van der Waals surface area contributed by atoms with Gasteiger partial charge < -0.3 is 10.6 Å². The van der Waals surface area contributed by atoms with E-state index in [0.29, 0.717) is 17.9 Å². The number of hydrogen-bond acceptors (Lipinski definition) is 2. The topological polar surface area (TPSA) is 41.1 Å². The summed E-state index contributed by atoms with van der Waals surface area (Å²) in [6.07, 6.45) is 3.28. The van der Waals surface area contributed by atoms with Gasteiger partial charge in [-0.25, -0.2) is 0 Å². The van der Waals surface area contributed by atoms with Crippen molar-refractivity contribution in [3.63, 3.8) is 0 Å². The summed E-state index contributed by atoms with van der Waals surface area (Å²) in [4.78, 5) is 12.3. The maximum absolute atomic E-state index is 12.3. The number of hydrogen-bond donors (Lipinski definition) is 2. The highest BCUT2D eigenvalue weighted by atomic mass is 35.5. The zero-order valence-electron chi connectivity index (χ0n) is 13.5. The van der Waals surface area contributed by atoms with Crippen molar-refractivity contribution < 1.29 is 4.79 Å². The lowest BCUT2D eigenvalue weighted by Crippen LogP contribution is -2.46. The van der Waals surface area contributed by atoms with Gasteiger partial charge in [-0.05, 0) is 48.8 Å². The fourth-order valence-electron chi connectivity index (χ4n) is 3.26. The lowest BCUT2D eigenvalue weighted by molar-refractivity contribution is -0.123. The summed E-state index contributed by atoms with van der Waals surface area (Å²) in [5.41, 5.74) is 2.69. The summed E-state index contributed by atoms with van der Waals surface area (Å²) in [7, 11) is 0. The van der Waals surface area contributed by atoms with Gasteiger partial charge in [-0.1, -0.05) is 38.1 Å². The molecule has 22 heavy (non-hydrogen) atoms. The summed E-state index contributed by atoms with van der Waals surface area (Å²) in [6, 6.07) is 9.15. The molecule has 3 unspecified atom stereocenters. The molecule has 2 N–H and O–H groups in total. The quantitative estimate of drug-likeness (QED) is 0.893. The minimum Gasteiger partial charge on any atom is -0.352 e. The van der Waals surface area contributed by atoms with Gasteiger partial charge in [0, 0.05) is 18.5 Å². The van der Waals surface area contributed by atoms with E-state index >= 15 is 0 Å². The predicted molar refractivity (Wildman–Crippen MR) is 92.7 cm³/mol. The monoisotopic (exact) mass is 322 g/mol. The van der Waals surface area contributed by atoms with Crippen LogP contribution in [0.1, 0.15) is 56.1 Å². The lowest BCUT2D eigenvalue weighted by atomic mass is 10.00. The van der Waals surface area contributed by atoms with Gasteiger partial charge in [-0.15, -0.1) is 12.4 Å². The Morgan fingerprint density at radius 2 is 2.00 bits per heavy atom. The van der Waals surface area contributed by atoms with Crippen LogP contribution in [0, 0.1) is 5.92 Å². The Kier molecular flexibility index (Phi) is 5.87. The molecule has 1 heterocycles. The van der Waals surface area contributed by atoms with Gasteiger partial charge in [0.1, 0.15) is 0 Å². The number of piperidine rings is 1. The molecular formula is C18H27ClN2O. The Labute approximate surface area is 139 Å². The van der Waals surface area contributed by atoms with Crippen LogP contribution in [-0.4, -0.2) is 25.0 Å². The Balaban J connectivity index is 0.00000176. The number of carbonyl (C=O) groups excluding carboxylic acids is 1. The van der Waals surface area contributed by atoms with Crippen LogP contribution in [0.3, 0.4) is 0 Å². The van der Waals surface area contributed by atoms with Crippen molar-refractivity contribution in [2.24, 2.45) is 5.92 Å². The van der Waals surface area contributed by atoms with Crippen LogP contribution in [0.25, 0.3) is 0 Å². The van der Waals surface area contributed by atoms with Crippen molar-refractivity contribution in [2.75, 3.05) is 13.1 Å².